The van der Waals surface area contributed by atoms with Gasteiger partial charge in [0.2, 0.25) is 0 Å². The van der Waals surface area contributed by atoms with Crippen LogP contribution in [0.15, 0.2) is 57.3 Å². The van der Waals surface area contributed by atoms with Crippen LogP contribution >= 0.6 is 11.3 Å². The summed E-state index contributed by atoms with van der Waals surface area (Å²) < 4.78 is 7.11. The molecule has 120 valence electrons. The maximum atomic E-state index is 12.4. The second kappa shape index (κ2) is 5.61. The highest BCUT2D eigenvalue weighted by Gasteiger charge is 2.18. The number of furan rings is 1. The first-order valence-corrected chi connectivity index (χ1v) is 8.25. The Morgan fingerprint density at radius 1 is 1.38 bits per heavy atom. The number of hydrogen-bond acceptors (Lipinski definition) is 5. The number of para-hydroxylation sites is 1. The monoisotopic (exact) mass is 339 g/mol. The summed E-state index contributed by atoms with van der Waals surface area (Å²) in [6.45, 7) is 1.81. The van der Waals surface area contributed by atoms with Gasteiger partial charge in [0.25, 0.3) is 11.5 Å². The Morgan fingerprint density at radius 2 is 2.21 bits per heavy atom. The maximum Gasteiger partial charge on any atom is 0.271 e. The summed E-state index contributed by atoms with van der Waals surface area (Å²) in [6.07, 6.45) is 2.92. The van der Waals surface area contributed by atoms with Gasteiger partial charge in [-0.2, -0.15) is 0 Å². The number of nitrogens with zero attached hydrogens (tertiary/aromatic N) is 2. The van der Waals surface area contributed by atoms with E-state index in [1.165, 1.54) is 21.9 Å². The van der Waals surface area contributed by atoms with Crippen LogP contribution in [0.5, 0.6) is 0 Å². The fourth-order valence-corrected chi connectivity index (χ4v) is 3.22. The van der Waals surface area contributed by atoms with Crippen molar-refractivity contribution in [1.82, 2.24) is 14.7 Å². The van der Waals surface area contributed by atoms with Crippen LogP contribution in [0.4, 0.5) is 0 Å². The summed E-state index contributed by atoms with van der Waals surface area (Å²) in [5, 5.41) is 5.51. The number of thiazole rings is 1. The largest absolute Gasteiger partial charge is 0.459 e. The van der Waals surface area contributed by atoms with E-state index < -0.39 is 5.91 Å². The Bertz CT molecular complexity index is 1080. The lowest BCUT2D eigenvalue weighted by Gasteiger charge is -2.10. The average molecular weight is 339 g/mol. The third-order valence-electron chi connectivity index (χ3n) is 3.81. The zero-order valence-corrected chi connectivity index (χ0v) is 13.5. The number of benzene rings is 1. The topological polar surface area (TPSA) is 76.6 Å². The molecule has 0 aliphatic heterocycles. The molecule has 7 heteroatoms. The van der Waals surface area contributed by atoms with Gasteiger partial charge in [-0.05, 0) is 19.1 Å². The lowest BCUT2D eigenvalue weighted by atomic mass is 10.2. The number of aromatic nitrogens is 2. The highest BCUT2D eigenvalue weighted by Crippen LogP contribution is 2.23. The summed E-state index contributed by atoms with van der Waals surface area (Å²) in [6, 6.07) is 9.14. The molecule has 1 atom stereocenters. The van der Waals surface area contributed by atoms with E-state index in [2.05, 4.69) is 10.3 Å². The summed E-state index contributed by atoms with van der Waals surface area (Å²) in [5.41, 5.74) is 0.388. The molecule has 0 fully saturated rings. The SMILES string of the molecule is CC(NC(=O)c1cnc2sccn2c1=O)c1cc2ccccc2o1. The first-order chi connectivity index (χ1) is 11.6. The van der Waals surface area contributed by atoms with Crippen molar-refractivity contribution in [3.63, 3.8) is 0 Å². The quantitative estimate of drug-likeness (QED) is 0.622. The first kappa shape index (κ1) is 14.6. The number of carbonyl (C=O) groups excluding carboxylic acids is 1. The Kier molecular flexibility index (Phi) is 3.42. The number of carbonyl (C=O) groups is 1. The van der Waals surface area contributed by atoms with Crippen LogP contribution in [0.1, 0.15) is 29.1 Å². The molecule has 0 saturated carbocycles. The lowest BCUT2D eigenvalue weighted by molar-refractivity contribution is 0.0933. The van der Waals surface area contributed by atoms with Crippen molar-refractivity contribution < 1.29 is 9.21 Å². The maximum absolute atomic E-state index is 12.4. The Morgan fingerprint density at radius 3 is 3.04 bits per heavy atom. The van der Waals surface area contributed by atoms with Crippen LogP contribution in [0.2, 0.25) is 0 Å². The zero-order valence-electron chi connectivity index (χ0n) is 12.7. The number of rotatable bonds is 3. The smallest absolute Gasteiger partial charge is 0.271 e. The van der Waals surface area contributed by atoms with Gasteiger partial charge in [0.05, 0.1) is 6.04 Å². The fraction of sp³-hybridized carbons (Fsp3) is 0.118. The molecule has 0 spiro atoms. The Hall–Kier alpha value is -2.93. The van der Waals surface area contributed by atoms with Crippen molar-refractivity contribution in [2.24, 2.45) is 0 Å². The van der Waals surface area contributed by atoms with Crippen molar-refractivity contribution in [1.29, 1.82) is 0 Å². The fourth-order valence-electron chi connectivity index (χ4n) is 2.54. The normalized spacial score (nSPS) is 12.5. The predicted molar refractivity (Wildman–Crippen MR) is 91.4 cm³/mol. The van der Waals surface area contributed by atoms with Crippen LogP contribution in [0.3, 0.4) is 0 Å². The van der Waals surface area contributed by atoms with E-state index in [-0.39, 0.29) is 17.2 Å². The number of amides is 1. The highest BCUT2D eigenvalue weighted by molar-refractivity contribution is 7.15. The first-order valence-electron chi connectivity index (χ1n) is 7.37. The van der Waals surface area contributed by atoms with Crippen molar-refractivity contribution in [2.75, 3.05) is 0 Å². The average Bonchev–Trinajstić information content (AvgIpc) is 3.21. The van der Waals surface area contributed by atoms with Crippen LogP contribution in [0.25, 0.3) is 15.9 Å². The number of fused-ring (bicyclic) bond motifs is 2. The molecular formula is C17H13N3O3S. The summed E-state index contributed by atoms with van der Waals surface area (Å²) in [5.74, 6) is 0.162. The van der Waals surface area contributed by atoms with Crippen LogP contribution < -0.4 is 10.9 Å². The third-order valence-corrected chi connectivity index (χ3v) is 4.58. The summed E-state index contributed by atoms with van der Waals surface area (Å²) in [4.78, 5) is 29.5. The van der Waals surface area contributed by atoms with Crippen molar-refractivity contribution in [3.05, 3.63) is 69.8 Å². The molecule has 3 aromatic heterocycles. The highest BCUT2D eigenvalue weighted by atomic mass is 32.1. The van der Waals surface area contributed by atoms with E-state index in [4.69, 9.17) is 4.42 Å². The van der Waals surface area contributed by atoms with E-state index in [9.17, 15) is 9.59 Å². The van der Waals surface area contributed by atoms with Crippen molar-refractivity contribution >= 4 is 33.2 Å². The molecule has 0 aliphatic rings. The van der Waals surface area contributed by atoms with E-state index in [1.807, 2.05) is 37.3 Å². The van der Waals surface area contributed by atoms with Gasteiger partial charge in [0, 0.05) is 23.2 Å². The molecule has 1 aromatic carbocycles. The summed E-state index contributed by atoms with van der Waals surface area (Å²) in [7, 11) is 0. The molecule has 1 amide bonds. The molecule has 0 aliphatic carbocycles. The van der Waals surface area contributed by atoms with Gasteiger partial charge in [-0.3, -0.25) is 14.0 Å². The van der Waals surface area contributed by atoms with Gasteiger partial charge in [-0.15, -0.1) is 11.3 Å². The molecule has 6 nitrogen and oxygen atoms in total. The van der Waals surface area contributed by atoms with Gasteiger partial charge < -0.3 is 9.73 Å². The molecule has 24 heavy (non-hydrogen) atoms. The van der Waals surface area contributed by atoms with Gasteiger partial charge in [0.15, 0.2) is 4.96 Å². The van der Waals surface area contributed by atoms with Gasteiger partial charge in [-0.1, -0.05) is 18.2 Å². The molecule has 3 heterocycles. The Labute approximate surface area is 140 Å². The second-order valence-electron chi connectivity index (χ2n) is 5.41. The molecule has 4 rings (SSSR count). The molecular weight excluding hydrogens is 326 g/mol. The van der Waals surface area contributed by atoms with E-state index in [1.54, 1.807) is 11.6 Å². The standard InChI is InChI=1S/C17H13N3O3S/c1-10(14-8-11-4-2-3-5-13(11)23-14)19-15(21)12-9-18-17-20(16(12)22)6-7-24-17/h2-10H,1H3,(H,19,21). The Balaban J connectivity index is 1.62. The van der Waals surface area contributed by atoms with Crippen molar-refractivity contribution in [2.45, 2.75) is 13.0 Å². The van der Waals surface area contributed by atoms with Gasteiger partial charge in [0.1, 0.15) is 16.9 Å². The van der Waals surface area contributed by atoms with E-state index in [0.29, 0.717) is 10.7 Å². The molecule has 0 radical (unpaired) electrons. The van der Waals surface area contributed by atoms with Gasteiger partial charge in [-0.25, -0.2) is 4.98 Å². The van der Waals surface area contributed by atoms with Crippen LogP contribution in [-0.2, 0) is 0 Å². The molecule has 4 aromatic rings. The minimum atomic E-state index is -0.471. The second-order valence-corrected chi connectivity index (χ2v) is 6.29. The van der Waals surface area contributed by atoms with Gasteiger partial charge >= 0.3 is 0 Å². The van der Waals surface area contributed by atoms with Crippen LogP contribution in [0, 0.1) is 0 Å². The molecule has 0 saturated heterocycles. The predicted octanol–water partition coefficient (Wildman–Crippen LogP) is 2.99. The van der Waals surface area contributed by atoms with Crippen molar-refractivity contribution in [3.8, 4) is 0 Å². The number of hydrogen-bond donors (Lipinski definition) is 1. The number of nitrogens with one attached hydrogen (secondary N) is 1. The minimum absolute atomic E-state index is 0.00820. The minimum Gasteiger partial charge on any atom is -0.459 e. The molecule has 0 bridgehead atoms. The summed E-state index contributed by atoms with van der Waals surface area (Å²) >= 11 is 1.34. The zero-order chi connectivity index (χ0) is 16.7. The van der Waals surface area contributed by atoms with E-state index >= 15 is 0 Å². The van der Waals surface area contributed by atoms with E-state index in [0.717, 1.165) is 11.0 Å². The third kappa shape index (κ3) is 2.39. The van der Waals surface area contributed by atoms with Crippen LogP contribution in [-0.4, -0.2) is 15.3 Å². The lowest BCUT2D eigenvalue weighted by Crippen LogP contribution is -2.32. The molecule has 1 unspecified atom stereocenters. The molecule has 1 N–H and O–H groups in total.